The molecule has 2 N–H and O–H groups in total. The minimum atomic E-state index is 0.236. The van der Waals surface area contributed by atoms with Crippen LogP contribution in [0.1, 0.15) is 31.2 Å². The van der Waals surface area contributed by atoms with Gasteiger partial charge in [0.15, 0.2) is 0 Å². The number of halogens is 1. The summed E-state index contributed by atoms with van der Waals surface area (Å²) in [7, 11) is 0. The van der Waals surface area contributed by atoms with Crippen LogP contribution in [0.3, 0.4) is 0 Å². The average molecular weight is 325 g/mol. The summed E-state index contributed by atoms with van der Waals surface area (Å²) in [5.41, 5.74) is 6.86. The molecule has 0 aliphatic carbocycles. The molecule has 0 unspecified atom stereocenters. The second-order valence-corrected chi connectivity index (χ2v) is 6.21. The topological polar surface area (TPSA) is 46.3 Å². The van der Waals surface area contributed by atoms with Gasteiger partial charge in [0.1, 0.15) is 0 Å². The van der Waals surface area contributed by atoms with Crippen molar-refractivity contribution in [3.63, 3.8) is 0 Å². The lowest BCUT2D eigenvalue weighted by atomic mass is 9.97. The van der Waals surface area contributed by atoms with E-state index < -0.39 is 0 Å². The molecule has 0 spiro atoms. The number of rotatable bonds is 4. The molecule has 1 heterocycles. The molecule has 104 valence electrons. The molecular formula is C15H21BrN2O. The predicted molar refractivity (Wildman–Crippen MR) is 80.9 cm³/mol. The van der Waals surface area contributed by atoms with Gasteiger partial charge in [-0.15, -0.1) is 0 Å². The van der Waals surface area contributed by atoms with E-state index in [1.807, 2.05) is 23.1 Å². The fraction of sp³-hybridized carbons (Fsp3) is 0.533. The van der Waals surface area contributed by atoms with Crippen LogP contribution in [-0.2, 0) is 4.79 Å². The third-order valence-corrected chi connectivity index (χ3v) is 4.61. The van der Waals surface area contributed by atoms with E-state index in [1.54, 1.807) is 0 Å². The molecule has 0 aromatic heterocycles. The summed E-state index contributed by atoms with van der Waals surface area (Å²) in [4.78, 5) is 14.2. The zero-order valence-electron chi connectivity index (χ0n) is 11.3. The average Bonchev–Trinajstić information content (AvgIpc) is 2.88. The number of benzene rings is 1. The molecule has 1 amide bonds. The van der Waals surface area contributed by atoms with Crippen molar-refractivity contribution in [1.82, 2.24) is 4.90 Å². The van der Waals surface area contributed by atoms with Gasteiger partial charge in [0.2, 0.25) is 5.91 Å². The van der Waals surface area contributed by atoms with Gasteiger partial charge in [0, 0.05) is 24.0 Å². The van der Waals surface area contributed by atoms with Gasteiger partial charge < -0.3 is 10.6 Å². The number of amides is 1. The molecule has 1 aliphatic heterocycles. The van der Waals surface area contributed by atoms with Gasteiger partial charge in [-0.05, 0) is 36.4 Å². The summed E-state index contributed by atoms with van der Waals surface area (Å²) >= 11 is 3.55. The van der Waals surface area contributed by atoms with E-state index in [1.165, 1.54) is 5.56 Å². The maximum absolute atomic E-state index is 12.3. The highest BCUT2D eigenvalue weighted by Gasteiger charge is 2.26. The summed E-state index contributed by atoms with van der Waals surface area (Å²) in [6, 6.07) is 8.11. The van der Waals surface area contributed by atoms with Crippen LogP contribution in [0.5, 0.6) is 0 Å². The van der Waals surface area contributed by atoms with E-state index in [0.29, 0.717) is 18.9 Å². The molecule has 1 saturated heterocycles. The fourth-order valence-electron chi connectivity index (χ4n) is 2.63. The second kappa shape index (κ2) is 6.53. The molecule has 2 atom stereocenters. The van der Waals surface area contributed by atoms with Crippen molar-refractivity contribution >= 4 is 21.8 Å². The Morgan fingerprint density at radius 2 is 2.26 bits per heavy atom. The Bertz CT molecular complexity index is 450. The molecule has 0 bridgehead atoms. The monoisotopic (exact) mass is 324 g/mol. The first kappa shape index (κ1) is 14.5. The van der Waals surface area contributed by atoms with Crippen LogP contribution in [0.25, 0.3) is 0 Å². The molecule has 1 aromatic carbocycles. The Morgan fingerprint density at radius 1 is 1.53 bits per heavy atom. The van der Waals surface area contributed by atoms with Gasteiger partial charge >= 0.3 is 0 Å². The highest BCUT2D eigenvalue weighted by atomic mass is 79.9. The second-order valence-electron chi connectivity index (χ2n) is 5.36. The van der Waals surface area contributed by atoms with Gasteiger partial charge in [-0.1, -0.05) is 41.1 Å². The largest absolute Gasteiger partial charge is 0.342 e. The van der Waals surface area contributed by atoms with Crippen molar-refractivity contribution < 1.29 is 4.79 Å². The lowest BCUT2D eigenvalue weighted by Crippen LogP contribution is -2.30. The number of hydrogen-bond acceptors (Lipinski definition) is 2. The number of nitrogens with zero attached hydrogens (tertiary/aromatic N) is 1. The van der Waals surface area contributed by atoms with Crippen molar-refractivity contribution in [2.45, 2.75) is 25.7 Å². The van der Waals surface area contributed by atoms with Crippen molar-refractivity contribution in [3.05, 3.63) is 34.3 Å². The predicted octanol–water partition coefficient (Wildman–Crippen LogP) is 2.75. The molecule has 1 fully saturated rings. The highest BCUT2D eigenvalue weighted by Crippen LogP contribution is 2.28. The van der Waals surface area contributed by atoms with Gasteiger partial charge in [-0.3, -0.25) is 4.79 Å². The normalized spacial score (nSPS) is 20.6. The van der Waals surface area contributed by atoms with Gasteiger partial charge in [-0.25, -0.2) is 0 Å². The molecule has 3 nitrogen and oxygen atoms in total. The number of nitrogens with two attached hydrogens (primary N) is 1. The zero-order valence-corrected chi connectivity index (χ0v) is 12.9. The third kappa shape index (κ3) is 3.57. The van der Waals surface area contributed by atoms with Crippen molar-refractivity contribution in [1.29, 1.82) is 0 Å². The maximum Gasteiger partial charge on any atom is 0.223 e. The molecule has 4 heteroatoms. The van der Waals surface area contributed by atoms with E-state index in [-0.39, 0.29) is 11.8 Å². The van der Waals surface area contributed by atoms with Gasteiger partial charge in [0.25, 0.3) is 0 Å². The van der Waals surface area contributed by atoms with E-state index in [4.69, 9.17) is 5.73 Å². The molecule has 0 saturated carbocycles. The summed E-state index contributed by atoms with van der Waals surface area (Å²) < 4.78 is 1.08. The molecule has 1 aliphatic rings. The quantitative estimate of drug-likeness (QED) is 0.925. The lowest BCUT2D eigenvalue weighted by molar-refractivity contribution is -0.130. The van der Waals surface area contributed by atoms with Crippen molar-refractivity contribution in [2.24, 2.45) is 11.7 Å². The molecule has 2 rings (SSSR count). The first-order valence-corrected chi connectivity index (χ1v) is 7.63. The van der Waals surface area contributed by atoms with Gasteiger partial charge in [0.05, 0.1) is 0 Å². The fourth-order valence-corrected chi connectivity index (χ4v) is 3.30. The summed E-state index contributed by atoms with van der Waals surface area (Å²) in [6.45, 7) is 4.49. The summed E-state index contributed by atoms with van der Waals surface area (Å²) in [5.74, 6) is 0.974. The van der Waals surface area contributed by atoms with Crippen molar-refractivity contribution in [3.8, 4) is 0 Å². The smallest absolute Gasteiger partial charge is 0.223 e. The minimum absolute atomic E-state index is 0.236. The lowest BCUT2D eigenvalue weighted by Gasteiger charge is -2.20. The minimum Gasteiger partial charge on any atom is -0.342 e. The number of likely N-dealkylation sites (tertiary alicyclic amines) is 1. The number of carbonyl (C=O) groups excluding carboxylic acids is 1. The van der Waals surface area contributed by atoms with Crippen LogP contribution in [0.2, 0.25) is 0 Å². The van der Waals surface area contributed by atoms with E-state index in [0.717, 1.165) is 24.0 Å². The molecule has 1 aromatic rings. The standard InChI is InChI=1S/C15H21BrN2O/c1-11(13-4-2-3-5-14(13)16)8-15(19)18-7-6-12(9-17)10-18/h2-5,11-12H,6-10,17H2,1H3/t11-,12-/m0/s1. The van der Waals surface area contributed by atoms with Crippen LogP contribution in [0.15, 0.2) is 28.7 Å². The maximum atomic E-state index is 12.3. The van der Waals surface area contributed by atoms with E-state index in [9.17, 15) is 4.79 Å². The SMILES string of the molecule is C[C@@H](CC(=O)N1CC[C@@H](CN)C1)c1ccccc1Br. The molecule has 0 radical (unpaired) electrons. The number of hydrogen-bond donors (Lipinski definition) is 1. The van der Waals surface area contributed by atoms with E-state index >= 15 is 0 Å². The van der Waals surface area contributed by atoms with E-state index in [2.05, 4.69) is 28.9 Å². The zero-order chi connectivity index (χ0) is 13.8. The summed E-state index contributed by atoms with van der Waals surface area (Å²) in [6.07, 6.45) is 1.62. The number of carbonyl (C=O) groups is 1. The van der Waals surface area contributed by atoms with Crippen LogP contribution >= 0.6 is 15.9 Å². The van der Waals surface area contributed by atoms with Crippen LogP contribution in [-0.4, -0.2) is 30.4 Å². The first-order chi connectivity index (χ1) is 9.11. The first-order valence-electron chi connectivity index (χ1n) is 6.84. The third-order valence-electron chi connectivity index (χ3n) is 3.89. The van der Waals surface area contributed by atoms with Crippen LogP contribution in [0.4, 0.5) is 0 Å². The van der Waals surface area contributed by atoms with Crippen LogP contribution in [0, 0.1) is 5.92 Å². The Hall–Kier alpha value is -0.870. The Balaban J connectivity index is 1.94. The summed E-state index contributed by atoms with van der Waals surface area (Å²) in [5, 5.41) is 0. The highest BCUT2D eigenvalue weighted by molar-refractivity contribution is 9.10. The Labute approximate surface area is 123 Å². The van der Waals surface area contributed by atoms with Crippen LogP contribution < -0.4 is 5.73 Å². The molecular weight excluding hydrogens is 304 g/mol. The Morgan fingerprint density at radius 3 is 2.89 bits per heavy atom. The Kier molecular flexibility index (Phi) is 4.99. The molecule has 19 heavy (non-hydrogen) atoms. The van der Waals surface area contributed by atoms with Gasteiger partial charge in [-0.2, -0.15) is 0 Å². The van der Waals surface area contributed by atoms with Crippen molar-refractivity contribution in [2.75, 3.05) is 19.6 Å².